The predicted octanol–water partition coefficient (Wildman–Crippen LogP) is 2.79. The molecule has 1 aromatic rings. The highest BCUT2D eigenvalue weighted by Crippen LogP contribution is 2.40. The quantitative estimate of drug-likeness (QED) is 0.869. The number of nitrogens with zero attached hydrogens (tertiary/aromatic N) is 1. The number of anilines is 1. The average molecular weight is 286 g/mol. The molecule has 3 rings (SSSR count). The van der Waals surface area contributed by atoms with E-state index in [9.17, 15) is 9.59 Å². The Morgan fingerprint density at radius 3 is 2.71 bits per heavy atom. The van der Waals surface area contributed by atoms with Crippen molar-refractivity contribution in [3.05, 3.63) is 29.8 Å². The average Bonchev–Trinajstić information content (AvgIpc) is 2.69. The zero-order chi connectivity index (χ0) is 15.0. The molecule has 1 heterocycles. The van der Waals surface area contributed by atoms with Crippen LogP contribution in [-0.2, 0) is 9.59 Å². The van der Waals surface area contributed by atoms with Gasteiger partial charge in [0, 0.05) is 5.69 Å². The summed E-state index contributed by atoms with van der Waals surface area (Å²) in [4.78, 5) is 26.3. The van der Waals surface area contributed by atoms with E-state index in [0.717, 1.165) is 30.5 Å². The lowest BCUT2D eigenvalue weighted by atomic mass is 9.76. The standard InChI is InChI=1S/C17H22N2O2/c1-11-4-3-5-13(8-11)18-10-19-16(20)14-7-6-12(2)9-15(14)17(19)21/h3-5,8,12,14-15,18H,6-7,9-10H2,1-2H3. The second-order valence-electron chi connectivity index (χ2n) is 6.44. The lowest BCUT2D eigenvalue weighted by Crippen LogP contribution is -2.35. The van der Waals surface area contributed by atoms with Gasteiger partial charge in [0.1, 0.15) is 0 Å². The predicted molar refractivity (Wildman–Crippen MR) is 81.5 cm³/mol. The fourth-order valence-corrected chi connectivity index (χ4v) is 3.54. The molecule has 1 aliphatic heterocycles. The van der Waals surface area contributed by atoms with Gasteiger partial charge in [0.15, 0.2) is 0 Å². The lowest BCUT2D eigenvalue weighted by Gasteiger charge is -2.25. The molecule has 2 aliphatic rings. The first-order chi connectivity index (χ1) is 10.1. The van der Waals surface area contributed by atoms with Crippen LogP contribution in [-0.4, -0.2) is 23.4 Å². The SMILES string of the molecule is Cc1cccc(NCN2C(=O)C3CCC(C)CC3C2=O)c1. The zero-order valence-electron chi connectivity index (χ0n) is 12.6. The molecule has 0 radical (unpaired) electrons. The first-order valence-electron chi connectivity index (χ1n) is 7.72. The summed E-state index contributed by atoms with van der Waals surface area (Å²) in [6.45, 7) is 4.47. The second-order valence-corrected chi connectivity index (χ2v) is 6.44. The smallest absolute Gasteiger partial charge is 0.234 e. The number of hydrogen-bond donors (Lipinski definition) is 1. The van der Waals surface area contributed by atoms with Crippen LogP contribution < -0.4 is 5.32 Å². The minimum absolute atomic E-state index is 0.0108. The minimum atomic E-state index is -0.0828. The fraction of sp³-hybridized carbons (Fsp3) is 0.529. The van der Waals surface area contributed by atoms with Crippen molar-refractivity contribution in [2.45, 2.75) is 33.1 Å². The van der Waals surface area contributed by atoms with Crippen LogP contribution >= 0.6 is 0 Å². The Bertz CT molecular complexity index is 570. The maximum Gasteiger partial charge on any atom is 0.234 e. The van der Waals surface area contributed by atoms with E-state index >= 15 is 0 Å². The van der Waals surface area contributed by atoms with Crippen molar-refractivity contribution in [2.75, 3.05) is 12.0 Å². The number of aryl methyl sites for hydroxylation is 1. The summed E-state index contributed by atoms with van der Waals surface area (Å²) in [5.74, 6) is 0.412. The number of amides is 2. The number of carbonyl (C=O) groups is 2. The summed E-state index contributed by atoms with van der Waals surface area (Å²) in [6, 6.07) is 7.95. The molecule has 1 aromatic carbocycles. The molecule has 0 aromatic heterocycles. The summed E-state index contributed by atoms with van der Waals surface area (Å²) in [5, 5.41) is 3.19. The van der Waals surface area contributed by atoms with Gasteiger partial charge in [-0.3, -0.25) is 14.5 Å². The van der Waals surface area contributed by atoms with E-state index in [0.29, 0.717) is 5.92 Å². The third kappa shape index (κ3) is 2.67. The molecule has 1 saturated heterocycles. The molecular formula is C17H22N2O2. The molecule has 3 atom stereocenters. The monoisotopic (exact) mass is 286 g/mol. The molecule has 0 spiro atoms. The number of benzene rings is 1. The number of hydrogen-bond acceptors (Lipinski definition) is 3. The Morgan fingerprint density at radius 2 is 1.95 bits per heavy atom. The van der Waals surface area contributed by atoms with Crippen LogP contribution in [0, 0.1) is 24.7 Å². The highest BCUT2D eigenvalue weighted by molar-refractivity contribution is 6.05. The van der Waals surface area contributed by atoms with Crippen LogP contribution in [0.2, 0.25) is 0 Å². The Labute approximate surface area is 125 Å². The van der Waals surface area contributed by atoms with Gasteiger partial charge in [-0.05, 0) is 49.8 Å². The number of likely N-dealkylation sites (tertiary alicyclic amines) is 1. The van der Waals surface area contributed by atoms with Crippen molar-refractivity contribution >= 4 is 17.5 Å². The van der Waals surface area contributed by atoms with Crippen LogP contribution in [0.3, 0.4) is 0 Å². The van der Waals surface area contributed by atoms with Crippen molar-refractivity contribution in [3.8, 4) is 0 Å². The molecule has 4 nitrogen and oxygen atoms in total. The van der Waals surface area contributed by atoms with Gasteiger partial charge in [-0.2, -0.15) is 0 Å². The van der Waals surface area contributed by atoms with Gasteiger partial charge in [0.25, 0.3) is 0 Å². The van der Waals surface area contributed by atoms with Crippen LogP contribution in [0.1, 0.15) is 31.7 Å². The van der Waals surface area contributed by atoms with Crippen molar-refractivity contribution in [2.24, 2.45) is 17.8 Å². The third-order valence-corrected chi connectivity index (χ3v) is 4.74. The van der Waals surface area contributed by atoms with Gasteiger partial charge in [0.05, 0.1) is 18.5 Å². The van der Waals surface area contributed by atoms with Gasteiger partial charge in [-0.15, -0.1) is 0 Å². The van der Waals surface area contributed by atoms with Crippen molar-refractivity contribution in [1.29, 1.82) is 0 Å². The zero-order valence-corrected chi connectivity index (χ0v) is 12.6. The summed E-state index contributed by atoms with van der Waals surface area (Å²) < 4.78 is 0. The summed E-state index contributed by atoms with van der Waals surface area (Å²) >= 11 is 0. The Morgan fingerprint density at radius 1 is 1.19 bits per heavy atom. The largest absolute Gasteiger partial charge is 0.367 e. The highest BCUT2D eigenvalue weighted by Gasteiger charge is 2.49. The molecular weight excluding hydrogens is 264 g/mol. The number of rotatable bonds is 3. The maximum absolute atomic E-state index is 12.4. The fourth-order valence-electron chi connectivity index (χ4n) is 3.54. The van der Waals surface area contributed by atoms with Crippen LogP contribution in [0.4, 0.5) is 5.69 Å². The van der Waals surface area contributed by atoms with Crippen molar-refractivity contribution in [3.63, 3.8) is 0 Å². The van der Waals surface area contributed by atoms with E-state index in [2.05, 4.69) is 12.2 Å². The Balaban J connectivity index is 1.68. The molecule has 0 bridgehead atoms. The second kappa shape index (κ2) is 5.51. The first kappa shape index (κ1) is 14.1. The van der Waals surface area contributed by atoms with Gasteiger partial charge in [0.2, 0.25) is 11.8 Å². The first-order valence-corrected chi connectivity index (χ1v) is 7.72. The number of carbonyl (C=O) groups excluding carboxylic acids is 2. The topological polar surface area (TPSA) is 49.4 Å². The normalized spacial score (nSPS) is 28.7. The molecule has 21 heavy (non-hydrogen) atoms. The van der Waals surface area contributed by atoms with Crippen molar-refractivity contribution in [1.82, 2.24) is 4.90 Å². The molecule has 1 aliphatic carbocycles. The molecule has 112 valence electrons. The van der Waals surface area contributed by atoms with Gasteiger partial charge in [-0.25, -0.2) is 0 Å². The molecule has 4 heteroatoms. The lowest BCUT2D eigenvalue weighted by molar-refractivity contribution is -0.139. The molecule has 1 N–H and O–H groups in total. The van der Waals surface area contributed by atoms with E-state index in [4.69, 9.17) is 0 Å². The summed E-state index contributed by atoms with van der Waals surface area (Å²) in [5.41, 5.74) is 2.10. The van der Waals surface area contributed by atoms with E-state index in [1.165, 1.54) is 4.90 Å². The van der Waals surface area contributed by atoms with Crippen LogP contribution in [0.15, 0.2) is 24.3 Å². The van der Waals surface area contributed by atoms with Crippen molar-refractivity contribution < 1.29 is 9.59 Å². The third-order valence-electron chi connectivity index (χ3n) is 4.74. The number of nitrogens with one attached hydrogen (secondary N) is 1. The van der Waals surface area contributed by atoms with Gasteiger partial charge < -0.3 is 5.32 Å². The van der Waals surface area contributed by atoms with Crippen LogP contribution in [0.25, 0.3) is 0 Å². The number of imide groups is 1. The summed E-state index contributed by atoms with van der Waals surface area (Å²) in [6.07, 6.45) is 2.77. The Kier molecular flexibility index (Phi) is 3.70. The van der Waals surface area contributed by atoms with E-state index in [1.54, 1.807) is 0 Å². The van der Waals surface area contributed by atoms with Gasteiger partial charge in [-0.1, -0.05) is 19.1 Å². The van der Waals surface area contributed by atoms with Crippen LogP contribution in [0.5, 0.6) is 0 Å². The molecule has 1 saturated carbocycles. The molecule has 3 unspecified atom stereocenters. The van der Waals surface area contributed by atoms with E-state index in [-0.39, 0.29) is 30.3 Å². The van der Waals surface area contributed by atoms with E-state index in [1.807, 2.05) is 31.2 Å². The maximum atomic E-state index is 12.4. The minimum Gasteiger partial charge on any atom is -0.367 e. The van der Waals surface area contributed by atoms with Gasteiger partial charge >= 0.3 is 0 Å². The molecule has 2 amide bonds. The van der Waals surface area contributed by atoms with E-state index < -0.39 is 0 Å². The Hall–Kier alpha value is -1.84. The highest BCUT2D eigenvalue weighted by atomic mass is 16.2. The molecule has 2 fully saturated rings. The summed E-state index contributed by atoms with van der Waals surface area (Å²) in [7, 11) is 0. The number of fused-ring (bicyclic) bond motifs is 1.